The van der Waals surface area contributed by atoms with E-state index >= 15 is 0 Å². The normalized spacial score (nSPS) is 38.4. The standard InChI is InChI=1S/C11H14O2/c1-8-10(12)7-11(8,13)9-5-3-2-4-6-9/h2-6,8,10,12-13H,7H2,1H3/t8-,10-,11+/m1/s1. The summed E-state index contributed by atoms with van der Waals surface area (Å²) in [6, 6.07) is 9.55. The summed E-state index contributed by atoms with van der Waals surface area (Å²) >= 11 is 0. The summed E-state index contributed by atoms with van der Waals surface area (Å²) in [5.41, 5.74) is 0.105. The van der Waals surface area contributed by atoms with E-state index in [2.05, 4.69) is 0 Å². The number of aliphatic hydroxyl groups is 2. The van der Waals surface area contributed by atoms with E-state index in [1.165, 1.54) is 0 Å². The summed E-state index contributed by atoms with van der Waals surface area (Å²) in [7, 11) is 0. The number of hydrogen-bond donors (Lipinski definition) is 2. The Bertz CT molecular complexity index is 296. The highest BCUT2D eigenvalue weighted by Gasteiger charge is 2.50. The highest BCUT2D eigenvalue weighted by Crippen LogP contribution is 2.46. The predicted molar refractivity (Wildman–Crippen MR) is 50.1 cm³/mol. The minimum atomic E-state index is -0.805. The Morgan fingerprint density at radius 2 is 1.92 bits per heavy atom. The summed E-state index contributed by atoms with van der Waals surface area (Å²) in [6.45, 7) is 1.88. The minimum absolute atomic E-state index is 0.0603. The van der Waals surface area contributed by atoms with E-state index in [1.807, 2.05) is 37.3 Å². The van der Waals surface area contributed by atoms with Crippen molar-refractivity contribution in [2.24, 2.45) is 5.92 Å². The van der Waals surface area contributed by atoms with E-state index in [-0.39, 0.29) is 12.0 Å². The van der Waals surface area contributed by atoms with Crippen LogP contribution in [0.2, 0.25) is 0 Å². The number of aliphatic hydroxyl groups excluding tert-OH is 1. The van der Waals surface area contributed by atoms with Gasteiger partial charge in [-0.25, -0.2) is 0 Å². The summed E-state index contributed by atoms with van der Waals surface area (Å²) in [5.74, 6) is -0.0603. The smallest absolute Gasteiger partial charge is 0.0971 e. The van der Waals surface area contributed by atoms with Crippen LogP contribution < -0.4 is 0 Å². The fourth-order valence-electron chi connectivity index (χ4n) is 1.95. The van der Waals surface area contributed by atoms with Crippen LogP contribution in [0.1, 0.15) is 18.9 Å². The molecule has 1 aromatic carbocycles. The van der Waals surface area contributed by atoms with Crippen LogP contribution in [0.3, 0.4) is 0 Å². The third-order valence-corrected chi connectivity index (χ3v) is 3.12. The van der Waals surface area contributed by atoms with Gasteiger partial charge in [-0.2, -0.15) is 0 Å². The lowest BCUT2D eigenvalue weighted by molar-refractivity contribution is -0.173. The van der Waals surface area contributed by atoms with Gasteiger partial charge in [-0.05, 0) is 5.56 Å². The van der Waals surface area contributed by atoms with Gasteiger partial charge in [-0.15, -0.1) is 0 Å². The van der Waals surface area contributed by atoms with Crippen molar-refractivity contribution in [2.75, 3.05) is 0 Å². The van der Waals surface area contributed by atoms with Crippen LogP contribution in [-0.2, 0) is 5.60 Å². The van der Waals surface area contributed by atoms with E-state index in [1.54, 1.807) is 0 Å². The van der Waals surface area contributed by atoms with Crippen LogP contribution in [-0.4, -0.2) is 16.3 Å². The maximum absolute atomic E-state index is 10.2. The molecule has 2 nitrogen and oxygen atoms in total. The summed E-state index contributed by atoms with van der Waals surface area (Å²) < 4.78 is 0. The highest BCUT2D eigenvalue weighted by atomic mass is 16.3. The molecule has 0 saturated heterocycles. The van der Waals surface area contributed by atoms with Crippen molar-refractivity contribution in [1.29, 1.82) is 0 Å². The van der Waals surface area contributed by atoms with Gasteiger partial charge in [-0.1, -0.05) is 37.3 Å². The second-order valence-corrected chi connectivity index (χ2v) is 3.85. The van der Waals surface area contributed by atoms with Gasteiger partial charge < -0.3 is 10.2 Å². The quantitative estimate of drug-likeness (QED) is 0.680. The van der Waals surface area contributed by atoms with Gasteiger partial charge in [-0.3, -0.25) is 0 Å². The van der Waals surface area contributed by atoms with Gasteiger partial charge in [0.1, 0.15) is 0 Å². The van der Waals surface area contributed by atoms with Crippen molar-refractivity contribution in [2.45, 2.75) is 25.0 Å². The average Bonchev–Trinajstić information content (AvgIpc) is 2.19. The lowest BCUT2D eigenvalue weighted by Crippen LogP contribution is -2.53. The molecule has 0 aromatic heterocycles. The van der Waals surface area contributed by atoms with Crippen LogP contribution >= 0.6 is 0 Å². The number of benzene rings is 1. The van der Waals surface area contributed by atoms with Gasteiger partial charge in [0.25, 0.3) is 0 Å². The first kappa shape index (κ1) is 8.73. The zero-order chi connectivity index (χ0) is 9.47. The Morgan fingerprint density at radius 3 is 2.38 bits per heavy atom. The zero-order valence-corrected chi connectivity index (χ0v) is 7.64. The second-order valence-electron chi connectivity index (χ2n) is 3.85. The molecule has 13 heavy (non-hydrogen) atoms. The lowest BCUT2D eigenvalue weighted by atomic mass is 9.64. The summed E-state index contributed by atoms with van der Waals surface area (Å²) in [6.07, 6.45) is 0.100. The Labute approximate surface area is 77.8 Å². The fraction of sp³-hybridized carbons (Fsp3) is 0.455. The van der Waals surface area contributed by atoms with E-state index in [4.69, 9.17) is 0 Å². The largest absolute Gasteiger partial charge is 0.393 e. The first-order chi connectivity index (χ1) is 6.14. The molecule has 0 bridgehead atoms. The molecule has 1 aliphatic carbocycles. The zero-order valence-electron chi connectivity index (χ0n) is 7.64. The molecule has 1 fully saturated rings. The molecular formula is C11H14O2. The molecule has 0 unspecified atom stereocenters. The van der Waals surface area contributed by atoms with Gasteiger partial charge >= 0.3 is 0 Å². The van der Waals surface area contributed by atoms with E-state index in [9.17, 15) is 10.2 Å². The Balaban J connectivity index is 2.28. The van der Waals surface area contributed by atoms with E-state index in [0.717, 1.165) is 5.56 Å². The molecule has 0 radical (unpaired) electrons. The first-order valence-corrected chi connectivity index (χ1v) is 4.60. The van der Waals surface area contributed by atoms with Crippen LogP contribution in [0.5, 0.6) is 0 Å². The molecule has 2 rings (SSSR count). The fourth-order valence-corrected chi connectivity index (χ4v) is 1.95. The van der Waals surface area contributed by atoms with Crippen molar-refractivity contribution < 1.29 is 10.2 Å². The van der Waals surface area contributed by atoms with Crippen LogP contribution in [0.15, 0.2) is 30.3 Å². The molecule has 0 heterocycles. The second kappa shape index (κ2) is 2.82. The number of rotatable bonds is 1. The van der Waals surface area contributed by atoms with Crippen LogP contribution in [0.25, 0.3) is 0 Å². The highest BCUT2D eigenvalue weighted by molar-refractivity contribution is 5.27. The first-order valence-electron chi connectivity index (χ1n) is 4.60. The van der Waals surface area contributed by atoms with Gasteiger partial charge in [0.15, 0.2) is 0 Å². The third kappa shape index (κ3) is 1.18. The van der Waals surface area contributed by atoms with Gasteiger partial charge in [0, 0.05) is 12.3 Å². The predicted octanol–water partition coefficient (Wildman–Crippen LogP) is 1.27. The molecule has 0 spiro atoms. The SMILES string of the molecule is C[C@@H]1[C@H](O)C[C@@]1(O)c1ccccc1. The van der Waals surface area contributed by atoms with Crippen LogP contribution in [0.4, 0.5) is 0 Å². The number of hydrogen-bond acceptors (Lipinski definition) is 2. The Kier molecular flexibility index (Phi) is 1.90. The third-order valence-electron chi connectivity index (χ3n) is 3.12. The molecule has 0 aliphatic heterocycles. The molecule has 2 N–H and O–H groups in total. The van der Waals surface area contributed by atoms with Crippen molar-refractivity contribution in [3.63, 3.8) is 0 Å². The molecule has 3 atom stereocenters. The van der Waals surface area contributed by atoms with Crippen molar-refractivity contribution in [3.8, 4) is 0 Å². The molecule has 1 aromatic rings. The molecule has 1 aliphatic rings. The van der Waals surface area contributed by atoms with E-state index < -0.39 is 5.60 Å². The van der Waals surface area contributed by atoms with E-state index in [0.29, 0.717) is 6.42 Å². The molecule has 0 amide bonds. The van der Waals surface area contributed by atoms with Crippen molar-refractivity contribution in [1.82, 2.24) is 0 Å². The summed E-state index contributed by atoms with van der Waals surface area (Å²) in [5, 5.41) is 19.5. The van der Waals surface area contributed by atoms with Gasteiger partial charge in [0.05, 0.1) is 11.7 Å². The van der Waals surface area contributed by atoms with Crippen molar-refractivity contribution >= 4 is 0 Å². The monoisotopic (exact) mass is 178 g/mol. The topological polar surface area (TPSA) is 40.5 Å². The van der Waals surface area contributed by atoms with Crippen molar-refractivity contribution in [3.05, 3.63) is 35.9 Å². The van der Waals surface area contributed by atoms with Gasteiger partial charge in [0.2, 0.25) is 0 Å². The maximum Gasteiger partial charge on any atom is 0.0971 e. The molecular weight excluding hydrogens is 164 g/mol. The molecule has 2 heteroatoms. The Morgan fingerprint density at radius 1 is 1.31 bits per heavy atom. The summed E-state index contributed by atoms with van der Waals surface area (Å²) in [4.78, 5) is 0. The average molecular weight is 178 g/mol. The molecule has 70 valence electrons. The maximum atomic E-state index is 10.2. The molecule has 1 saturated carbocycles. The Hall–Kier alpha value is -0.860. The van der Waals surface area contributed by atoms with Crippen LogP contribution in [0, 0.1) is 5.92 Å². The minimum Gasteiger partial charge on any atom is -0.393 e. The lowest BCUT2D eigenvalue weighted by Gasteiger charge is -2.48.